The Balaban J connectivity index is 1.74. The molecule has 0 saturated carbocycles. The summed E-state index contributed by atoms with van der Waals surface area (Å²) < 4.78 is 26.9. The van der Waals surface area contributed by atoms with Gasteiger partial charge < -0.3 is 0 Å². The minimum Gasteiger partial charge on any atom is -0.267 e. The van der Waals surface area contributed by atoms with E-state index >= 15 is 0 Å². The van der Waals surface area contributed by atoms with Crippen molar-refractivity contribution >= 4 is 66.5 Å². The molecule has 0 bridgehead atoms. The summed E-state index contributed by atoms with van der Waals surface area (Å²) in [5.74, 6) is -0.379. The summed E-state index contributed by atoms with van der Waals surface area (Å²) in [6.07, 6.45) is 1.10. The SMILES string of the molecule is C/C(=N/NC(=O)c1ccc(CN(c2cccc(Cl)c2Cl)S(C)(=O)=O)cc1)c1ccc(Br)cc1. The lowest BCUT2D eigenvalue weighted by atomic mass is 10.1. The van der Waals surface area contributed by atoms with Crippen molar-refractivity contribution in [1.29, 1.82) is 0 Å². The minimum absolute atomic E-state index is 0.0294. The molecule has 0 aliphatic carbocycles. The maximum atomic E-state index is 12.5. The molecule has 0 aliphatic heterocycles. The number of hydrogen-bond donors (Lipinski definition) is 1. The molecule has 0 aliphatic rings. The van der Waals surface area contributed by atoms with E-state index in [-0.39, 0.29) is 28.2 Å². The van der Waals surface area contributed by atoms with E-state index in [0.717, 1.165) is 16.3 Å². The second kappa shape index (κ2) is 10.7. The van der Waals surface area contributed by atoms with Crippen molar-refractivity contribution in [3.63, 3.8) is 0 Å². The normalized spacial score (nSPS) is 11.8. The Labute approximate surface area is 211 Å². The molecular weight excluding hydrogens is 549 g/mol. The first kappa shape index (κ1) is 25.2. The highest BCUT2D eigenvalue weighted by Crippen LogP contribution is 2.34. The van der Waals surface area contributed by atoms with Crippen molar-refractivity contribution in [2.24, 2.45) is 5.10 Å². The number of rotatable bonds is 7. The van der Waals surface area contributed by atoms with Crippen LogP contribution in [0, 0.1) is 0 Å². The smallest absolute Gasteiger partial charge is 0.267 e. The van der Waals surface area contributed by atoms with Gasteiger partial charge in [0.2, 0.25) is 10.0 Å². The van der Waals surface area contributed by atoms with Crippen molar-refractivity contribution < 1.29 is 13.2 Å². The number of hydrazone groups is 1. The zero-order chi connectivity index (χ0) is 24.2. The van der Waals surface area contributed by atoms with Crippen LogP contribution in [0.4, 0.5) is 5.69 Å². The third kappa shape index (κ3) is 6.57. The maximum Gasteiger partial charge on any atom is 0.271 e. The second-order valence-electron chi connectivity index (χ2n) is 7.18. The van der Waals surface area contributed by atoms with E-state index in [0.29, 0.717) is 16.8 Å². The van der Waals surface area contributed by atoms with Gasteiger partial charge in [0.15, 0.2) is 0 Å². The summed E-state index contributed by atoms with van der Waals surface area (Å²) in [6.45, 7) is 1.83. The number of nitrogens with one attached hydrogen (secondary N) is 1. The van der Waals surface area contributed by atoms with E-state index < -0.39 is 10.0 Å². The van der Waals surface area contributed by atoms with Gasteiger partial charge in [-0.15, -0.1) is 0 Å². The van der Waals surface area contributed by atoms with Crippen LogP contribution in [-0.2, 0) is 16.6 Å². The molecule has 3 aromatic rings. The number of carbonyl (C=O) groups excluding carboxylic acids is 1. The average Bonchev–Trinajstić information content (AvgIpc) is 2.78. The zero-order valence-electron chi connectivity index (χ0n) is 17.7. The first-order valence-corrected chi connectivity index (χ1v) is 13.1. The lowest BCUT2D eigenvalue weighted by Crippen LogP contribution is -2.29. The molecule has 0 heterocycles. The summed E-state index contributed by atoms with van der Waals surface area (Å²) in [5, 5.41) is 4.56. The zero-order valence-corrected chi connectivity index (χ0v) is 21.6. The molecule has 0 atom stereocenters. The first-order valence-electron chi connectivity index (χ1n) is 9.67. The fourth-order valence-electron chi connectivity index (χ4n) is 2.95. The molecule has 0 saturated heterocycles. The molecule has 0 spiro atoms. The number of amides is 1. The molecule has 0 fully saturated rings. The average molecular weight is 569 g/mol. The summed E-state index contributed by atoms with van der Waals surface area (Å²) in [7, 11) is -3.64. The Hall–Kier alpha value is -2.39. The molecule has 3 aromatic carbocycles. The van der Waals surface area contributed by atoms with E-state index in [9.17, 15) is 13.2 Å². The molecule has 172 valence electrons. The molecule has 0 aromatic heterocycles. The van der Waals surface area contributed by atoms with Crippen molar-refractivity contribution in [2.75, 3.05) is 10.6 Å². The predicted octanol–water partition coefficient (Wildman–Crippen LogP) is 5.88. The van der Waals surface area contributed by atoms with E-state index in [1.165, 1.54) is 4.31 Å². The molecule has 0 unspecified atom stereocenters. The number of carbonyl (C=O) groups is 1. The minimum atomic E-state index is -3.64. The number of halogens is 3. The molecular formula is C23H20BrCl2N3O3S. The predicted molar refractivity (Wildman–Crippen MR) is 138 cm³/mol. The van der Waals surface area contributed by atoms with Crippen molar-refractivity contribution in [2.45, 2.75) is 13.5 Å². The number of anilines is 1. The van der Waals surface area contributed by atoms with E-state index in [4.69, 9.17) is 23.2 Å². The van der Waals surface area contributed by atoms with Gasteiger partial charge in [-0.3, -0.25) is 9.10 Å². The Bertz CT molecular complexity index is 1300. The van der Waals surface area contributed by atoms with Crippen LogP contribution in [0.25, 0.3) is 0 Å². The monoisotopic (exact) mass is 567 g/mol. The Kier molecular flexibility index (Phi) is 8.18. The number of sulfonamides is 1. The maximum absolute atomic E-state index is 12.5. The van der Waals surface area contributed by atoms with Crippen LogP contribution in [-0.4, -0.2) is 26.3 Å². The Morgan fingerprint density at radius 3 is 2.21 bits per heavy atom. The highest BCUT2D eigenvalue weighted by atomic mass is 79.9. The van der Waals surface area contributed by atoms with Gasteiger partial charge in [-0.05, 0) is 54.4 Å². The molecule has 33 heavy (non-hydrogen) atoms. The van der Waals surface area contributed by atoms with E-state index in [2.05, 4.69) is 26.5 Å². The molecule has 3 rings (SSSR count). The molecule has 1 amide bonds. The Morgan fingerprint density at radius 1 is 1.00 bits per heavy atom. The van der Waals surface area contributed by atoms with Gasteiger partial charge in [0.25, 0.3) is 5.91 Å². The molecule has 6 nitrogen and oxygen atoms in total. The fourth-order valence-corrected chi connectivity index (χ4v) is 4.55. The number of benzene rings is 3. The van der Waals surface area contributed by atoms with Crippen molar-refractivity contribution in [3.8, 4) is 0 Å². The van der Waals surface area contributed by atoms with Crippen LogP contribution >= 0.6 is 39.1 Å². The topological polar surface area (TPSA) is 78.8 Å². The van der Waals surface area contributed by atoms with Crippen molar-refractivity contribution in [3.05, 3.63) is 97.9 Å². The van der Waals surface area contributed by atoms with Crippen LogP contribution in [0.5, 0.6) is 0 Å². The van der Waals surface area contributed by atoms with Gasteiger partial charge in [-0.2, -0.15) is 5.10 Å². The number of nitrogens with zero attached hydrogens (tertiary/aromatic N) is 2. The number of hydrogen-bond acceptors (Lipinski definition) is 4. The summed E-state index contributed by atoms with van der Waals surface area (Å²) in [4.78, 5) is 12.5. The summed E-state index contributed by atoms with van der Waals surface area (Å²) in [6, 6.07) is 18.9. The third-order valence-electron chi connectivity index (χ3n) is 4.73. The molecule has 10 heteroatoms. The van der Waals surface area contributed by atoms with Gasteiger partial charge in [-0.25, -0.2) is 13.8 Å². The highest BCUT2D eigenvalue weighted by Gasteiger charge is 2.21. The van der Waals surface area contributed by atoms with Crippen LogP contribution in [0.2, 0.25) is 10.0 Å². The van der Waals surface area contributed by atoms with Gasteiger partial charge in [0, 0.05) is 10.0 Å². The Morgan fingerprint density at radius 2 is 1.61 bits per heavy atom. The van der Waals surface area contributed by atoms with Gasteiger partial charge >= 0.3 is 0 Å². The van der Waals surface area contributed by atoms with Crippen molar-refractivity contribution in [1.82, 2.24) is 5.43 Å². The van der Waals surface area contributed by atoms with E-state index in [1.807, 2.05) is 24.3 Å². The first-order chi connectivity index (χ1) is 15.6. The van der Waals surface area contributed by atoms with Crippen LogP contribution in [0.3, 0.4) is 0 Å². The van der Waals surface area contributed by atoms with Crippen LogP contribution in [0.1, 0.15) is 28.4 Å². The molecule has 0 radical (unpaired) electrons. The van der Waals surface area contributed by atoms with Crippen LogP contribution in [0.15, 0.2) is 76.3 Å². The standard InChI is InChI=1S/C23H20BrCl2N3O3S/c1-15(17-10-12-19(24)13-11-17)27-28-23(30)18-8-6-16(7-9-18)14-29(33(2,31)32)21-5-3-4-20(25)22(21)26/h3-13H,14H2,1-2H3,(H,28,30)/b27-15-. The van der Waals surface area contributed by atoms with E-state index in [1.54, 1.807) is 49.4 Å². The highest BCUT2D eigenvalue weighted by molar-refractivity contribution is 9.10. The molecule has 1 N–H and O–H groups in total. The summed E-state index contributed by atoms with van der Waals surface area (Å²) >= 11 is 15.7. The lowest BCUT2D eigenvalue weighted by molar-refractivity contribution is 0.0955. The quantitative estimate of drug-likeness (QED) is 0.286. The van der Waals surface area contributed by atoms with Gasteiger partial charge in [-0.1, -0.05) is 69.5 Å². The van der Waals surface area contributed by atoms with Crippen LogP contribution < -0.4 is 9.73 Å². The largest absolute Gasteiger partial charge is 0.271 e. The summed E-state index contributed by atoms with van der Waals surface area (Å²) in [5.41, 5.74) is 5.42. The second-order valence-corrected chi connectivity index (χ2v) is 10.8. The van der Waals surface area contributed by atoms with Gasteiger partial charge in [0.05, 0.1) is 34.2 Å². The fraction of sp³-hybridized carbons (Fsp3) is 0.130. The lowest BCUT2D eigenvalue weighted by Gasteiger charge is -2.24. The van der Waals surface area contributed by atoms with Gasteiger partial charge in [0.1, 0.15) is 0 Å². The third-order valence-corrected chi connectivity index (χ3v) is 7.19.